The molecule has 2 heterocycles. The van der Waals surface area contributed by atoms with Gasteiger partial charge < -0.3 is 9.80 Å². The molecule has 0 unspecified atom stereocenters. The van der Waals surface area contributed by atoms with Crippen LogP contribution >= 0.6 is 11.3 Å². The average Bonchev–Trinajstić information content (AvgIpc) is 3.16. The number of carbonyl (C=O) groups is 1. The normalized spacial score (nSPS) is 14.9. The van der Waals surface area contributed by atoms with Crippen molar-refractivity contribution in [2.75, 3.05) is 31.1 Å². The fourth-order valence-electron chi connectivity index (χ4n) is 3.26. The van der Waals surface area contributed by atoms with Crippen molar-refractivity contribution in [1.29, 1.82) is 0 Å². The summed E-state index contributed by atoms with van der Waals surface area (Å²) in [5.74, 6) is -0.444. The van der Waals surface area contributed by atoms with Gasteiger partial charge in [0.1, 0.15) is 0 Å². The molecule has 3 aromatic rings. The summed E-state index contributed by atoms with van der Waals surface area (Å²) in [6.45, 7) is 1.61. The summed E-state index contributed by atoms with van der Waals surface area (Å²) in [5.41, 5.74) is -0.196. The van der Waals surface area contributed by atoms with Crippen LogP contribution in [0.3, 0.4) is 0 Å². The van der Waals surface area contributed by atoms with Crippen LogP contribution in [0.1, 0.15) is 15.9 Å². The number of hydrogen-bond acceptors (Lipinski definition) is 6. The maximum absolute atomic E-state index is 12.9. The molecule has 1 fully saturated rings. The molecule has 30 heavy (non-hydrogen) atoms. The Balaban J connectivity index is 1.45. The number of alkyl halides is 3. The Morgan fingerprint density at radius 1 is 1.10 bits per heavy atom. The number of nitrogens with zero attached hydrogens (tertiary/aromatic N) is 4. The van der Waals surface area contributed by atoms with Crippen LogP contribution in [0.4, 0.5) is 24.0 Å². The first-order valence-corrected chi connectivity index (χ1v) is 9.80. The number of hydrogen-bond donors (Lipinski definition) is 0. The molecule has 1 aliphatic heterocycles. The predicted molar refractivity (Wildman–Crippen MR) is 106 cm³/mol. The summed E-state index contributed by atoms with van der Waals surface area (Å²) >= 11 is 1.33. The average molecular weight is 436 g/mol. The molecule has 0 bridgehead atoms. The molecule has 11 heteroatoms. The van der Waals surface area contributed by atoms with Crippen molar-refractivity contribution in [2.24, 2.45) is 0 Å². The molecular formula is C19H15F3N4O3S. The monoisotopic (exact) mass is 436 g/mol. The molecular weight excluding hydrogens is 421 g/mol. The van der Waals surface area contributed by atoms with Crippen LogP contribution in [0.15, 0.2) is 42.5 Å². The van der Waals surface area contributed by atoms with Crippen LogP contribution in [0.2, 0.25) is 0 Å². The number of anilines is 1. The molecule has 2 aromatic carbocycles. The van der Waals surface area contributed by atoms with Crippen LogP contribution in [0.25, 0.3) is 10.2 Å². The second-order valence-corrected chi connectivity index (χ2v) is 7.77. The summed E-state index contributed by atoms with van der Waals surface area (Å²) in [6, 6.07) is 8.89. The van der Waals surface area contributed by atoms with Gasteiger partial charge in [0.15, 0.2) is 5.13 Å². The molecule has 0 N–H and O–H groups in total. The first kappa shape index (κ1) is 20.1. The van der Waals surface area contributed by atoms with Crippen LogP contribution in [-0.2, 0) is 6.18 Å². The molecule has 0 radical (unpaired) electrons. The van der Waals surface area contributed by atoms with Crippen molar-refractivity contribution in [1.82, 2.24) is 9.88 Å². The third-order valence-corrected chi connectivity index (χ3v) is 5.92. The summed E-state index contributed by atoms with van der Waals surface area (Å²) in [7, 11) is 0. The van der Waals surface area contributed by atoms with Crippen molar-refractivity contribution in [3.63, 3.8) is 0 Å². The smallest absolute Gasteiger partial charge is 0.345 e. The van der Waals surface area contributed by atoms with E-state index in [1.165, 1.54) is 40.5 Å². The summed E-state index contributed by atoms with van der Waals surface area (Å²) in [4.78, 5) is 31.1. The highest BCUT2D eigenvalue weighted by atomic mass is 32.1. The number of thiazole rings is 1. The molecule has 1 amide bonds. The first-order valence-electron chi connectivity index (χ1n) is 8.99. The van der Waals surface area contributed by atoms with Gasteiger partial charge in [0.2, 0.25) is 0 Å². The van der Waals surface area contributed by atoms with Crippen LogP contribution < -0.4 is 4.90 Å². The van der Waals surface area contributed by atoms with Gasteiger partial charge in [-0.25, -0.2) is 4.98 Å². The number of fused-ring (bicyclic) bond motifs is 1. The minimum Gasteiger partial charge on any atom is -0.345 e. The van der Waals surface area contributed by atoms with Gasteiger partial charge in [-0.05, 0) is 24.3 Å². The number of halogens is 3. The fourth-order valence-corrected chi connectivity index (χ4v) is 4.31. The number of piperazine rings is 1. The highest BCUT2D eigenvalue weighted by Gasteiger charge is 2.32. The molecule has 156 valence electrons. The lowest BCUT2D eigenvalue weighted by Crippen LogP contribution is -2.48. The molecule has 1 aromatic heterocycles. The Bertz CT molecular complexity index is 1120. The van der Waals surface area contributed by atoms with Crippen molar-refractivity contribution in [3.05, 3.63) is 63.7 Å². The van der Waals surface area contributed by atoms with Gasteiger partial charge in [-0.2, -0.15) is 13.2 Å². The summed E-state index contributed by atoms with van der Waals surface area (Å²) in [5, 5.41) is 11.6. The molecule has 1 aliphatic rings. The maximum atomic E-state index is 12.9. The number of carbonyl (C=O) groups excluding carboxylic acids is 1. The topological polar surface area (TPSA) is 79.6 Å². The van der Waals surface area contributed by atoms with Crippen molar-refractivity contribution in [2.45, 2.75) is 6.18 Å². The van der Waals surface area contributed by atoms with E-state index < -0.39 is 22.6 Å². The molecule has 0 spiro atoms. The van der Waals surface area contributed by atoms with Crippen molar-refractivity contribution >= 4 is 38.3 Å². The van der Waals surface area contributed by atoms with E-state index in [0.29, 0.717) is 41.5 Å². The van der Waals surface area contributed by atoms with Gasteiger partial charge in [-0.15, -0.1) is 0 Å². The number of nitro benzene ring substituents is 1. The molecule has 7 nitrogen and oxygen atoms in total. The lowest BCUT2D eigenvalue weighted by atomic mass is 10.1. The third-order valence-electron chi connectivity index (χ3n) is 4.85. The lowest BCUT2D eigenvalue weighted by molar-refractivity contribution is -0.384. The number of benzene rings is 2. The molecule has 0 aliphatic carbocycles. The Morgan fingerprint density at radius 2 is 1.83 bits per heavy atom. The van der Waals surface area contributed by atoms with Gasteiger partial charge in [0, 0.05) is 43.9 Å². The highest BCUT2D eigenvalue weighted by molar-refractivity contribution is 7.22. The zero-order chi connectivity index (χ0) is 21.5. The molecule has 4 rings (SSSR count). The third kappa shape index (κ3) is 3.92. The van der Waals surface area contributed by atoms with Gasteiger partial charge in [-0.1, -0.05) is 17.4 Å². The van der Waals surface area contributed by atoms with Crippen LogP contribution in [0, 0.1) is 10.1 Å². The number of nitro groups is 1. The highest BCUT2D eigenvalue weighted by Crippen LogP contribution is 2.32. The van der Waals surface area contributed by atoms with E-state index in [1.54, 1.807) is 6.07 Å². The summed E-state index contributed by atoms with van der Waals surface area (Å²) < 4.78 is 39.4. The second-order valence-electron chi connectivity index (χ2n) is 6.76. The largest absolute Gasteiger partial charge is 0.416 e. The van der Waals surface area contributed by atoms with E-state index >= 15 is 0 Å². The quantitative estimate of drug-likeness (QED) is 0.455. The first-order chi connectivity index (χ1) is 14.2. The maximum Gasteiger partial charge on any atom is 0.416 e. The van der Waals surface area contributed by atoms with E-state index in [0.717, 1.165) is 12.1 Å². The lowest BCUT2D eigenvalue weighted by Gasteiger charge is -2.34. The van der Waals surface area contributed by atoms with Gasteiger partial charge >= 0.3 is 6.18 Å². The van der Waals surface area contributed by atoms with Gasteiger partial charge in [0.05, 0.1) is 20.7 Å². The minimum atomic E-state index is -4.50. The number of rotatable bonds is 3. The molecule has 1 saturated heterocycles. The fraction of sp³-hybridized carbons (Fsp3) is 0.263. The van der Waals surface area contributed by atoms with E-state index in [4.69, 9.17) is 0 Å². The van der Waals surface area contributed by atoms with Crippen molar-refractivity contribution in [3.8, 4) is 0 Å². The van der Waals surface area contributed by atoms with Gasteiger partial charge in [-0.3, -0.25) is 14.9 Å². The number of non-ortho nitro benzene ring substituents is 1. The van der Waals surface area contributed by atoms with E-state index in [2.05, 4.69) is 4.98 Å². The molecule has 0 atom stereocenters. The Kier molecular flexibility index (Phi) is 5.06. The number of amides is 1. The zero-order valence-electron chi connectivity index (χ0n) is 15.4. The minimum absolute atomic E-state index is 0.00516. The van der Waals surface area contributed by atoms with E-state index in [-0.39, 0.29) is 11.3 Å². The standard InChI is InChI=1S/C19H15F3N4O3S/c20-19(21,22)13-3-1-2-12(10-13)17(27)24-6-8-25(9-7-24)18-23-15-5-4-14(26(28)29)11-16(15)30-18/h1-5,10-11H,6-9H2. The Labute approximate surface area is 172 Å². The van der Waals surface area contributed by atoms with E-state index in [1.807, 2.05) is 4.90 Å². The second kappa shape index (κ2) is 7.56. The Hall–Kier alpha value is -3.21. The Morgan fingerprint density at radius 3 is 2.50 bits per heavy atom. The van der Waals surface area contributed by atoms with Crippen LogP contribution in [-0.4, -0.2) is 46.9 Å². The summed E-state index contributed by atoms with van der Waals surface area (Å²) in [6.07, 6.45) is -4.50. The SMILES string of the molecule is O=C(c1cccc(C(F)(F)F)c1)N1CCN(c2nc3ccc([N+](=O)[O-])cc3s2)CC1. The molecule has 0 saturated carbocycles. The van der Waals surface area contributed by atoms with Gasteiger partial charge in [0.25, 0.3) is 11.6 Å². The van der Waals surface area contributed by atoms with E-state index in [9.17, 15) is 28.1 Å². The zero-order valence-corrected chi connectivity index (χ0v) is 16.2. The van der Waals surface area contributed by atoms with Crippen LogP contribution in [0.5, 0.6) is 0 Å². The predicted octanol–water partition coefficient (Wildman–Crippen LogP) is 4.19. The van der Waals surface area contributed by atoms with Crippen molar-refractivity contribution < 1.29 is 22.9 Å². The number of aromatic nitrogens is 1.